The smallest absolute Gasteiger partial charge is 0.167 e. The number of rotatable bonds is 4. The number of hydrogen-bond donors (Lipinski definition) is 1. The van der Waals surface area contributed by atoms with E-state index in [9.17, 15) is 0 Å². The Labute approximate surface area is 99.1 Å². The summed E-state index contributed by atoms with van der Waals surface area (Å²) in [7, 11) is 3.19. The summed E-state index contributed by atoms with van der Waals surface area (Å²) < 4.78 is 15.6. The van der Waals surface area contributed by atoms with E-state index < -0.39 is 0 Å². The van der Waals surface area contributed by atoms with E-state index in [2.05, 4.69) is 5.16 Å². The van der Waals surface area contributed by atoms with E-state index in [0.29, 0.717) is 23.8 Å². The lowest BCUT2D eigenvalue weighted by Gasteiger charge is -2.07. The largest absolute Gasteiger partial charge is 0.493 e. The number of aromatic nitrogens is 1. The van der Waals surface area contributed by atoms with Gasteiger partial charge >= 0.3 is 0 Å². The highest BCUT2D eigenvalue weighted by molar-refractivity contribution is 5.62. The van der Waals surface area contributed by atoms with Crippen molar-refractivity contribution in [1.29, 1.82) is 0 Å². The predicted octanol–water partition coefficient (Wildman–Crippen LogP) is 1.82. The van der Waals surface area contributed by atoms with E-state index in [4.69, 9.17) is 19.7 Å². The van der Waals surface area contributed by atoms with Crippen molar-refractivity contribution in [2.24, 2.45) is 5.73 Å². The number of hydrogen-bond acceptors (Lipinski definition) is 5. The molecule has 0 aliphatic heterocycles. The van der Waals surface area contributed by atoms with Gasteiger partial charge in [0.25, 0.3) is 0 Å². The Morgan fingerprint density at radius 1 is 1.18 bits per heavy atom. The second kappa shape index (κ2) is 4.88. The van der Waals surface area contributed by atoms with Crippen molar-refractivity contribution >= 4 is 0 Å². The molecule has 0 aliphatic carbocycles. The minimum absolute atomic E-state index is 0.358. The summed E-state index contributed by atoms with van der Waals surface area (Å²) in [6.07, 6.45) is 0. The molecule has 0 fully saturated rings. The maximum atomic E-state index is 5.48. The molecule has 0 saturated carbocycles. The molecule has 5 nitrogen and oxygen atoms in total. The third-order valence-electron chi connectivity index (χ3n) is 2.44. The van der Waals surface area contributed by atoms with Gasteiger partial charge in [-0.2, -0.15) is 0 Å². The molecule has 0 aliphatic rings. The first-order valence-electron chi connectivity index (χ1n) is 5.16. The topological polar surface area (TPSA) is 70.5 Å². The zero-order chi connectivity index (χ0) is 12.3. The summed E-state index contributed by atoms with van der Waals surface area (Å²) in [4.78, 5) is 0. The van der Waals surface area contributed by atoms with Crippen LogP contribution in [0.5, 0.6) is 11.5 Å². The Bertz CT molecular complexity index is 508. The van der Waals surface area contributed by atoms with Crippen LogP contribution in [0.15, 0.2) is 28.8 Å². The molecular weight excluding hydrogens is 220 g/mol. The lowest BCUT2D eigenvalue weighted by molar-refractivity contribution is 0.355. The Hall–Kier alpha value is -2.01. The molecule has 0 spiro atoms. The van der Waals surface area contributed by atoms with E-state index in [-0.39, 0.29) is 0 Å². The molecule has 17 heavy (non-hydrogen) atoms. The molecule has 2 N–H and O–H groups in total. The van der Waals surface area contributed by atoms with Gasteiger partial charge in [0, 0.05) is 18.2 Å². The minimum atomic E-state index is 0.358. The fourth-order valence-electron chi connectivity index (χ4n) is 1.53. The number of ether oxygens (including phenoxy) is 2. The molecule has 1 aromatic carbocycles. The van der Waals surface area contributed by atoms with Crippen molar-refractivity contribution in [2.75, 3.05) is 14.2 Å². The molecule has 0 radical (unpaired) electrons. The maximum absolute atomic E-state index is 5.48. The molecule has 1 aromatic heterocycles. The van der Waals surface area contributed by atoms with Crippen LogP contribution in [-0.2, 0) is 6.54 Å². The highest BCUT2D eigenvalue weighted by Crippen LogP contribution is 2.32. The summed E-state index contributed by atoms with van der Waals surface area (Å²) in [5, 5.41) is 3.84. The van der Waals surface area contributed by atoms with Gasteiger partial charge in [0.15, 0.2) is 17.3 Å². The molecule has 0 atom stereocenters. The number of methoxy groups -OCH3 is 2. The molecular formula is C12H14N2O3. The van der Waals surface area contributed by atoms with E-state index in [1.807, 2.05) is 18.2 Å². The molecule has 2 aromatic rings. The first-order valence-corrected chi connectivity index (χ1v) is 5.16. The zero-order valence-corrected chi connectivity index (χ0v) is 9.77. The number of nitrogens with zero attached hydrogens (tertiary/aromatic N) is 1. The number of nitrogens with two attached hydrogens (primary N) is 1. The summed E-state index contributed by atoms with van der Waals surface area (Å²) in [6, 6.07) is 7.34. The fourth-order valence-corrected chi connectivity index (χ4v) is 1.53. The third kappa shape index (κ3) is 2.24. The van der Waals surface area contributed by atoms with Crippen LogP contribution < -0.4 is 15.2 Å². The lowest BCUT2D eigenvalue weighted by Crippen LogP contribution is -1.94. The maximum Gasteiger partial charge on any atom is 0.167 e. The second-order valence-electron chi connectivity index (χ2n) is 3.46. The van der Waals surface area contributed by atoms with Crippen LogP contribution >= 0.6 is 0 Å². The van der Waals surface area contributed by atoms with Gasteiger partial charge in [-0.1, -0.05) is 5.16 Å². The van der Waals surface area contributed by atoms with Gasteiger partial charge in [0.1, 0.15) is 0 Å². The van der Waals surface area contributed by atoms with E-state index in [1.54, 1.807) is 20.3 Å². The average molecular weight is 234 g/mol. The second-order valence-corrected chi connectivity index (χ2v) is 3.46. The average Bonchev–Trinajstić information content (AvgIpc) is 2.86. The van der Waals surface area contributed by atoms with Crippen molar-refractivity contribution in [3.8, 4) is 22.8 Å². The molecule has 2 rings (SSSR count). The first kappa shape index (κ1) is 11.5. The third-order valence-corrected chi connectivity index (χ3v) is 2.44. The SMILES string of the molecule is COc1ccc(-c2cc(CN)no2)cc1OC. The molecule has 0 amide bonds. The Kier molecular flexibility index (Phi) is 3.30. The quantitative estimate of drug-likeness (QED) is 0.873. The summed E-state index contributed by atoms with van der Waals surface area (Å²) >= 11 is 0. The van der Waals surface area contributed by atoms with Crippen LogP contribution in [0.3, 0.4) is 0 Å². The Morgan fingerprint density at radius 2 is 1.94 bits per heavy atom. The van der Waals surface area contributed by atoms with Crippen molar-refractivity contribution in [2.45, 2.75) is 6.54 Å². The fraction of sp³-hybridized carbons (Fsp3) is 0.250. The lowest BCUT2D eigenvalue weighted by atomic mass is 10.1. The highest BCUT2D eigenvalue weighted by Gasteiger charge is 2.10. The predicted molar refractivity (Wildman–Crippen MR) is 62.9 cm³/mol. The van der Waals surface area contributed by atoms with E-state index >= 15 is 0 Å². The minimum Gasteiger partial charge on any atom is -0.493 e. The Balaban J connectivity index is 2.38. The van der Waals surface area contributed by atoms with Gasteiger partial charge < -0.3 is 19.7 Å². The zero-order valence-electron chi connectivity index (χ0n) is 9.77. The van der Waals surface area contributed by atoms with E-state index in [0.717, 1.165) is 11.3 Å². The highest BCUT2D eigenvalue weighted by atomic mass is 16.5. The molecule has 1 heterocycles. The van der Waals surface area contributed by atoms with E-state index in [1.165, 1.54) is 0 Å². The summed E-state index contributed by atoms with van der Waals surface area (Å²) in [6.45, 7) is 0.358. The van der Waals surface area contributed by atoms with Crippen molar-refractivity contribution in [1.82, 2.24) is 5.16 Å². The van der Waals surface area contributed by atoms with Crippen LogP contribution in [-0.4, -0.2) is 19.4 Å². The normalized spacial score (nSPS) is 10.3. The molecule has 0 saturated heterocycles. The van der Waals surface area contributed by atoms with Crippen molar-refractivity contribution in [3.63, 3.8) is 0 Å². The van der Waals surface area contributed by atoms with Gasteiger partial charge in [-0.3, -0.25) is 0 Å². The molecule has 0 bridgehead atoms. The van der Waals surface area contributed by atoms with Gasteiger partial charge in [-0.15, -0.1) is 0 Å². The van der Waals surface area contributed by atoms with Crippen LogP contribution in [0, 0.1) is 0 Å². The summed E-state index contributed by atoms with van der Waals surface area (Å²) in [5.41, 5.74) is 7.06. The van der Waals surface area contributed by atoms with Gasteiger partial charge in [0.2, 0.25) is 0 Å². The van der Waals surface area contributed by atoms with Crippen molar-refractivity contribution in [3.05, 3.63) is 30.0 Å². The monoisotopic (exact) mass is 234 g/mol. The molecule has 5 heteroatoms. The van der Waals surface area contributed by atoms with Crippen molar-refractivity contribution < 1.29 is 14.0 Å². The Morgan fingerprint density at radius 3 is 2.53 bits per heavy atom. The van der Waals surface area contributed by atoms with Crippen LogP contribution in [0.1, 0.15) is 5.69 Å². The first-order chi connectivity index (χ1) is 8.28. The van der Waals surface area contributed by atoms with Gasteiger partial charge in [-0.25, -0.2) is 0 Å². The molecule has 0 unspecified atom stereocenters. The molecule has 90 valence electrons. The standard InChI is InChI=1S/C12H14N2O3/c1-15-10-4-3-8(5-12(10)16-2)11-6-9(7-13)14-17-11/h3-6H,7,13H2,1-2H3. The van der Waals surface area contributed by atoms with Crippen LogP contribution in [0.4, 0.5) is 0 Å². The van der Waals surface area contributed by atoms with Gasteiger partial charge in [0.05, 0.1) is 19.9 Å². The van der Waals surface area contributed by atoms with Gasteiger partial charge in [-0.05, 0) is 18.2 Å². The van der Waals surface area contributed by atoms with Crippen LogP contribution in [0.2, 0.25) is 0 Å². The van der Waals surface area contributed by atoms with Crippen LogP contribution in [0.25, 0.3) is 11.3 Å². The number of benzene rings is 1. The summed E-state index contributed by atoms with van der Waals surface area (Å²) in [5.74, 6) is 1.98.